The molecule has 0 unspecified atom stereocenters. The average Bonchev–Trinajstić information content (AvgIpc) is 2.78. The summed E-state index contributed by atoms with van der Waals surface area (Å²) in [5, 5.41) is 16.6. The maximum absolute atomic E-state index is 11.8. The first-order valence-corrected chi connectivity index (χ1v) is 6.86. The van der Waals surface area contributed by atoms with E-state index in [1.165, 1.54) is 0 Å². The molecule has 5 nitrogen and oxygen atoms in total. The van der Waals surface area contributed by atoms with E-state index in [-0.39, 0.29) is 6.03 Å². The quantitative estimate of drug-likeness (QED) is 0.777. The molecule has 0 spiro atoms. The fraction of sp³-hybridized carbons (Fsp3) is 0.538. The van der Waals surface area contributed by atoms with E-state index >= 15 is 0 Å². The largest absolute Gasteiger partial charge is 0.481 e. The molecule has 0 aliphatic heterocycles. The molecule has 3 N–H and O–H groups in total. The van der Waals surface area contributed by atoms with Crippen molar-refractivity contribution in [1.29, 1.82) is 0 Å². The fourth-order valence-corrected chi connectivity index (χ4v) is 1.98. The first-order chi connectivity index (χ1) is 8.67. The van der Waals surface area contributed by atoms with Gasteiger partial charge in [0.2, 0.25) is 0 Å². The third-order valence-electron chi connectivity index (χ3n) is 3.53. The highest BCUT2D eigenvalue weighted by molar-refractivity contribution is 7.09. The number of hydrogen-bond donors (Lipinski definition) is 3. The lowest BCUT2D eigenvalue weighted by atomic mass is 9.74. The Kier molecular flexibility index (Phi) is 4.57. The van der Waals surface area contributed by atoms with E-state index in [1.807, 2.05) is 17.5 Å². The highest BCUT2D eigenvalue weighted by Gasteiger charge is 2.44. The maximum atomic E-state index is 11.8. The van der Waals surface area contributed by atoms with Crippen LogP contribution in [0.15, 0.2) is 17.5 Å². The van der Waals surface area contributed by atoms with Crippen LogP contribution in [0.1, 0.15) is 32.6 Å². The lowest BCUT2D eigenvalue weighted by Gasteiger charge is -2.38. The predicted molar refractivity (Wildman–Crippen MR) is 75.2 cm³/mol. The van der Waals surface area contributed by atoms with Crippen LogP contribution in [0, 0.1) is 5.41 Å². The first-order valence-electron chi connectivity index (χ1n) is 5.98. The van der Waals surface area contributed by atoms with E-state index in [4.69, 9.17) is 0 Å². The molecule has 0 atom stereocenters. The van der Waals surface area contributed by atoms with Crippen molar-refractivity contribution in [3.8, 4) is 0 Å². The minimum absolute atomic E-state index is 0.368. The molecule has 0 saturated heterocycles. The summed E-state index contributed by atoms with van der Waals surface area (Å²) < 4.78 is 0. The van der Waals surface area contributed by atoms with Crippen molar-refractivity contribution in [2.75, 3.05) is 0 Å². The molecule has 0 saturated carbocycles. The molecule has 1 aromatic heterocycles. The van der Waals surface area contributed by atoms with Gasteiger partial charge >= 0.3 is 12.0 Å². The Morgan fingerprint density at radius 3 is 2.42 bits per heavy atom. The van der Waals surface area contributed by atoms with Gasteiger partial charge in [-0.25, -0.2) is 4.79 Å². The van der Waals surface area contributed by atoms with Gasteiger partial charge in [-0.05, 0) is 39.1 Å². The molecule has 1 rings (SSSR count). The molecule has 106 valence electrons. The van der Waals surface area contributed by atoms with Crippen molar-refractivity contribution in [1.82, 2.24) is 10.6 Å². The molecule has 0 radical (unpaired) electrons. The molecular weight excluding hydrogens is 264 g/mol. The topological polar surface area (TPSA) is 78.4 Å². The van der Waals surface area contributed by atoms with Crippen LogP contribution in [-0.4, -0.2) is 22.6 Å². The third-order valence-corrected chi connectivity index (χ3v) is 4.40. The molecule has 19 heavy (non-hydrogen) atoms. The Morgan fingerprint density at radius 1 is 1.32 bits per heavy atom. The minimum Gasteiger partial charge on any atom is -0.481 e. The number of carbonyl (C=O) groups excluding carboxylic acids is 1. The van der Waals surface area contributed by atoms with Crippen LogP contribution in [0.25, 0.3) is 0 Å². The molecule has 0 aliphatic carbocycles. The molecule has 1 aromatic rings. The van der Waals surface area contributed by atoms with Gasteiger partial charge in [0.1, 0.15) is 0 Å². The van der Waals surface area contributed by atoms with Crippen molar-refractivity contribution in [3.05, 3.63) is 22.4 Å². The zero-order valence-electron chi connectivity index (χ0n) is 11.6. The summed E-state index contributed by atoms with van der Waals surface area (Å²) in [6.07, 6.45) is 0. The summed E-state index contributed by atoms with van der Waals surface area (Å²) in [4.78, 5) is 24.1. The molecule has 1 heterocycles. The van der Waals surface area contributed by atoms with E-state index < -0.39 is 16.9 Å². The summed E-state index contributed by atoms with van der Waals surface area (Å²) in [6, 6.07) is 3.47. The fourth-order valence-electron chi connectivity index (χ4n) is 1.33. The lowest BCUT2D eigenvalue weighted by Crippen LogP contribution is -2.58. The second-order valence-electron chi connectivity index (χ2n) is 5.44. The SMILES string of the molecule is CC(C)(NC(=O)NCc1cccs1)C(C)(C)C(=O)O. The van der Waals surface area contributed by atoms with Gasteiger partial charge in [-0.15, -0.1) is 11.3 Å². The van der Waals surface area contributed by atoms with E-state index in [2.05, 4.69) is 10.6 Å². The van der Waals surface area contributed by atoms with Gasteiger partial charge in [0.25, 0.3) is 0 Å². The summed E-state index contributed by atoms with van der Waals surface area (Å²) >= 11 is 1.56. The number of amides is 2. The summed E-state index contributed by atoms with van der Waals surface area (Å²) in [6.45, 7) is 7.02. The van der Waals surface area contributed by atoms with Crippen LogP contribution < -0.4 is 10.6 Å². The van der Waals surface area contributed by atoms with Gasteiger partial charge < -0.3 is 15.7 Å². The van der Waals surface area contributed by atoms with Gasteiger partial charge in [0.15, 0.2) is 0 Å². The number of rotatable bonds is 5. The first kappa shape index (κ1) is 15.5. The summed E-state index contributed by atoms with van der Waals surface area (Å²) in [5.74, 6) is -0.948. The van der Waals surface area contributed by atoms with E-state index in [0.717, 1.165) is 4.88 Å². The van der Waals surface area contributed by atoms with Crippen molar-refractivity contribution in [2.24, 2.45) is 5.41 Å². The Morgan fingerprint density at radius 2 is 1.95 bits per heavy atom. The highest BCUT2D eigenvalue weighted by atomic mass is 32.1. The summed E-state index contributed by atoms with van der Waals surface area (Å²) in [5.41, 5.74) is -1.92. The predicted octanol–water partition coefficient (Wildman–Crippen LogP) is 2.44. The molecular formula is C13H20N2O3S. The second kappa shape index (κ2) is 5.61. The van der Waals surface area contributed by atoms with Gasteiger partial charge in [-0.2, -0.15) is 0 Å². The molecule has 0 fully saturated rings. The van der Waals surface area contributed by atoms with Crippen LogP contribution in [0.2, 0.25) is 0 Å². The van der Waals surface area contributed by atoms with Gasteiger partial charge in [-0.1, -0.05) is 6.07 Å². The zero-order valence-corrected chi connectivity index (χ0v) is 12.4. The van der Waals surface area contributed by atoms with Crippen LogP contribution >= 0.6 is 11.3 Å². The number of thiophene rings is 1. The molecule has 0 aromatic carbocycles. The average molecular weight is 284 g/mol. The normalized spacial score (nSPS) is 12.0. The Balaban J connectivity index is 2.58. The number of carbonyl (C=O) groups is 2. The number of urea groups is 1. The highest BCUT2D eigenvalue weighted by Crippen LogP contribution is 2.30. The van der Waals surface area contributed by atoms with Crippen LogP contribution in [-0.2, 0) is 11.3 Å². The Labute approximate surface area is 117 Å². The van der Waals surface area contributed by atoms with Crippen molar-refractivity contribution in [2.45, 2.75) is 39.8 Å². The smallest absolute Gasteiger partial charge is 0.315 e. The van der Waals surface area contributed by atoms with Crippen molar-refractivity contribution >= 4 is 23.3 Å². The number of nitrogens with one attached hydrogen (secondary N) is 2. The standard InChI is InChI=1S/C13H20N2O3S/c1-12(2,10(16)17)13(3,4)15-11(18)14-8-9-6-5-7-19-9/h5-7H,8H2,1-4H3,(H,16,17)(H2,14,15,18). The number of carboxylic acid groups (broad SMARTS) is 1. The Hall–Kier alpha value is -1.56. The van der Waals surface area contributed by atoms with Crippen LogP contribution in [0.5, 0.6) is 0 Å². The molecule has 0 aliphatic rings. The van der Waals surface area contributed by atoms with Gasteiger partial charge in [0, 0.05) is 4.88 Å². The maximum Gasteiger partial charge on any atom is 0.315 e. The third kappa shape index (κ3) is 3.70. The van der Waals surface area contributed by atoms with Gasteiger partial charge in [-0.3, -0.25) is 4.79 Å². The van der Waals surface area contributed by atoms with E-state index in [9.17, 15) is 14.7 Å². The summed E-state index contributed by atoms with van der Waals surface area (Å²) in [7, 11) is 0. The number of carboxylic acids is 1. The zero-order chi connectivity index (χ0) is 14.7. The van der Waals surface area contributed by atoms with E-state index in [0.29, 0.717) is 6.54 Å². The monoisotopic (exact) mass is 284 g/mol. The number of hydrogen-bond acceptors (Lipinski definition) is 3. The number of aliphatic carboxylic acids is 1. The molecule has 0 bridgehead atoms. The van der Waals surface area contributed by atoms with Crippen LogP contribution in [0.3, 0.4) is 0 Å². The Bertz CT molecular complexity index is 452. The van der Waals surface area contributed by atoms with Gasteiger partial charge in [0.05, 0.1) is 17.5 Å². The minimum atomic E-state index is -1.06. The second-order valence-corrected chi connectivity index (χ2v) is 6.47. The molecule has 2 amide bonds. The van der Waals surface area contributed by atoms with Crippen molar-refractivity contribution in [3.63, 3.8) is 0 Å². The van der Waals surface area contributed by atoms with Crippen LogP contribution in [0.4, 0.5) is 4.79 Å². The van der Waals surface area contributed by atoms with E-state index in [1.54, 1.807) is 39.0 Å². The molecule has 6 heteroatoms. The van der Waals surface area contributed by atoms with Crippen molar-refractivity contribution < 1.29 is 14.7 Å². The lowest BCUT2D eigenvalue weighted by molar-refractivity contribution is -0.150.